The zero-order valence-electron chi connectivity index (χ0n) is 35.7. The van der Waals surface area contributed by atoms with Crippen molar-refractivity contribution in [2.24, 2.45) is 0 Å². The third-order valence-corrected chi connectivity index (χ3v) is 14.5. The van der Waals surface area contributed by atoms with Crippen molar-refractivity contribution in [1.82, 2.24) is 0 Å². The summed E-state index contributed by atoms with van der Waals surface area (Å²) >= 11 is 0. The average Bonchev–Trinajstić information content (AvgIpc) is 3.84. The van der Waals surface area contributed by atoms with Crippen LogP contribution in [0.2, 0.25) is 0 Å². The van der Waals surface area contributed by atoms with Crippen molar-refractivity contribution in [2.45, 2.75) is 43.9 Å². The molecule has 62 heavy (non-hydrogen) atoms. The van der Waals surface area contributed by atoms with E-state index in [0.717, 1.165) is 17.1 Å². The van der Waals surface area contributed by atoms with Crippen LogP contribution in [0.5, 0.6) is 0 Å². The fourth-order valence-corrected chi connectivity index (χ4v) is 11.7. The van der Waals surface area contributed by atoms with Crippen molar-refractivity contribution in [3.8, 4) is 44.5 Å². The lowest BCUT2D eigenvalue weighted by molar-refractivity contribution is 0.656. The third-order valence-electron chi connectivity index (χ3n) is 14.5. The van der Waals surface area contributed by atoms with Gasteiger partial charge in [-0.3, -0.25) is 0 Å². The molecule has 1 nitrogen and oxygen atoms in total. The van der Waals surface area contributed by atoms with Gasteiger partial charge in [0.2, 0.25) is 0 Å². The molecule has 0 aromatic heterocycles. The fourth-order valence-electron chi connectivity index (χ4n) is 11.7. The Balaban J connectivity index is 1.14. The van der Waals surface area contributed by atoms with Gasteiger partial charge in [-0.05, 0) is 125 Å². The fraction of sp³-hybridized carbons (Fsp3) is 0.115. The molecule has 0 N–H and O–H groups in total. The maximum atomic E-state index is 2.60. The summed E-state index contributed by atoms with van der Waals surface area (Å²) in [6.07, 6.45) is 0. The monoisotopic (exact) mass is 793 g/mol. The molecule has 0 spiro atoms. The Morgan fingerprint density at radius 3 is 1.45 bits per heavy atom. The number of hydrogen-bond acceptors (Lipinski definition) is 1. The molecule has 1 heteroatoms. The molecule has 0 radical (unpaired) electrons. The molecule has 0 aliphatic heterocycles. The largest absolute Gasteiger partial charge is 0.310 e. The summed E-state index contributed by atoms with van der Waals surface area (Å²) in [5.41, 5.74) is 23.8. The molecule has 0 saturated heterocycles. The number of nitrogens with zero attached hydrogens (tertiary/aromatic N) is 1. The predicted octanol–water partition coefficient (Wildman–Crippen LogP) is 15.8. The SMILES string of the molecule is CC1(C)c2ccccc2-c2ccc(N(c3ccccc3)c3ccc4c(c3)-c3c(cc5c(c3-c3ccccc3)-c3ccccc3C5(c3ccccc3)c3ccccc3)C4(C)C)cc21. The average molecular weight is 794 g/mol. The van der Waals surface area contributed by atoms with E-state index in [1.165, 1.54) is 89.0 Å². The number of fused-ring (bicyclic) bond motifs is 9. The van der Waals surface area contributed by atoms with Crippen molar-refractivity contribution in [1.29, 1.82) is 0 Å². The van der Waals surface area contributed by atoms with Crippen molar-refractivity contribution in [3.63, 3.8) is 0 Å². The number of benzene rings is 9. The summed E-state index contributed by atoms with van der Waals surface area (Å²) in [5.74, 6) is 0. The Labute approximate surface area is 365 Å². The molecule has 0 atom stereocenters. The molecular formula is C61H47N. The summed E-state index contributed by atoms with van der Waals surface area (Å²) < 4.78 is 0. The zero-order valence-corrected chi connectivity index (χ0v) is 35.7. The van der Waals surface area contributed by atoms with E-state index in [-0.39, 0.29) is 10.8 Å². The Morgan fingerprint density at radius 1 is 0.290 bits per heavy atom. The number of para-hydroxylation sites is 1. The van der Waals surface area contributed by atoms with Gasteiger partial charge in [0.15, 0.2) is 0 Å². The standard InChI is InChI=1S/C61H47N/c1-59(2)50-31-19-17-29-46(50)47-35-33-45(38-53(47)59)62(43-27-15-8-16-28-43)44-34-36-51-49(37-44)58-54(60(51,3)4)39-55-57(56(58)40-21-9-5-10-22-40)48-30-18-20-32-52(48)61(55,41-23-11-6-12-24-41)42-25-13-7-14-26-42/h5-39H,1-4H3. The van der Waals surface area contributed by atoms with Gasteiger partial charge in [0.25, 0.3) is 0 Å². The molecule has 3 aliphatic carbocycles. The van der Waals surface area contributed by atoms with Gasteiger partial charge in [-0.25, -0.2) is 0 Å². The Morgan fingerprint density at radius 2 is 0.774 bits per heavy atom. The van der Waals surface area contributed by atoms with E-state index < -0.39 is 5.41 Å². The molecule has 0 amide bonds. The van der Waals surface area contributed by atoms with Gasteiger partial charge in [-0.2, -0.15) is 0 Å². The van der Waals surface area contributed by atoms with Gasteiger partial charge in [-0.1, -0.05) is 204 Å². The second-order valence-electron chi connectivity index (χ2n) is 18.4. The van der Waals surface area contributed by atoms with Crippen LogP contribution in [-0.4, -0.2) is 0 Å². The second kappa shape index (κ2) is 13.4. The molecule has 296 valence electrons. The normalized spacial score (nSPS) is 15.2. The molecule has 9 aromatic carbocycles. The van der Waals surface area contributed by atoms with E-state index in [2.05, 4.69) is 245 Å². The van der Waals surface area contributed by atoms with Gasteiger partial charge in [0.05, 0.1) is 5.41 Å². The molecule has 0 heterocycles. The van der Waals surface area contributed by atoms with Crippen molar-refractivity contribution < 1.29 is 0 Å². The van der Waals surface area contributed by atoms with E-state index in [1.54, 1.807) is 0 Å². The summed E-state index contributed by atoms with van der Waals surface area (Å²) in [4.78, 5) is 2.46. The van der Waals surface area contributed by atoms with E-state index in [9.17, 15) is 0 Å². The minimum atomic E-state index is -0.506. The van der Waals surface area contributed by atoms with Crippen LogP contribution in [0.1, 0.15) is 72.2 Å². The molecule has 0 fully saturated rings. The Kier molecular flexibility index (Phi) is 7.91. The second-order valence-corrected chi connectivity index (χ2v) is 18.4. The molecule has 0 saturated carbocycles. The zero-order chi connectivity index (χ0) is 41.8. The minimum absolute atomic E-state index is 0.110. The quantitative estimate of drug-likeness (QED) is 0.162. The minimum Gasteiger partial charge on any atom is -0.310 e. The van der Waals surface area contributed by atoms with Crippen LogP contribution in [-0.2, 0) is 16.2 Å². The van der Waals surface area contributed by atoms with Crippen molar-refractivity contribution >= 4 is 17.1 Å². The lowest BCUT2D eigenvalue weighted by atomic mass is 9.66. The van der Waals surface area contributed by atoms with Crippen LogP contribution in [0.3, 0.4) is 0 Å². The van der Waals surface area contributed by atoms with Gasteiger partial charge >= 0.3 is 0 Å². The van der Waals surface area contributed by atoms with Gasteiger partial charge in [0, 0.05) is 27.9 Å². The first-order valence-electron chi connectivity index (χ1n) is 22.0. The van der Waals surface area contributed by atoms with E-state index in [4.69, 9.17) is 0 Å². The van der Waals surface area contributed by atoms with E-state index in [0.29, 0.717) is 0 Å². The highest BCUT2D eigenvalue weighted by atomic mass is 15.1. The molecular weight excluding hydrogens is 747 g/mol. The topological polar surface area (TPSA) is 3.24 Å². The van der Waals surface area contributed by atoms with Crippen LogP contribution < -0.4 is 4.90 Å². The summed E-state index contributed by atoms with van der Waals surface area (Å²) in [5, 5.41) is 0. The summed E-state index contributed by atoms with van der Waals surface area (Å²) in [6.45, 7) is 9.61. The van der Waals surface area contributed by atoms with Crippen LogP contribution >= 0.6 is 0 Å². The van der Waals surface area contributed by atoms with Gasteiger partial charge < -0.3 is 4.90 Å². The van der Waals surface area contributed by atoms with Gasteiger partial charge in [-0.15, -0.1) is 0 Å². The lowest BCUT2D eigenvalue weighted by Gasteiger charge is -2.35. The number of anilines is 3. The van der Waals surface area contributed by atoms with Crippen LogP contribution in [0.4, 0.5) is 17.1 Å². The summed E-state index contributed by atoms with van der Waals surface area (Å²) in [6, 6.07) is 79.6. The molecule has 3 aliphatic rings. The van der Waals surface area contributed by atoms with Crippen molar-refractivity contribution in [3.05, 3.63) is 257 Å². The smallest absolute Gasteiger partial charge is 0.0713 e. The molecule has 0 bridgehead atoms. The number of rotatable bonds is 6. The first-order valence-corrected chi connectivity index (χ1v) is 22.0. The Hall–Kier alpha value is -7.22. The van der Waals surface area contributed by atoms with Crippen LogP contribution in [0, 0.1) is 0 Å². The first-order chi connectivity index (χ1) is 30.3. The third kappa shape index (κ3) is 4.97. The van der Waals surface area contributed by atoms with E-state index >= 15 is 0 Å². The van der Waals surface area contributed by atoms with Crippen LogP contribution in [0.25, 0.3) is 44.5 Å². The highest BCUT2D eigenvalue weighted by Gasteiger charge is 2.50. The predicted molar refractivity (Wildman–Crippen MR) is 259 cm³/mol. The van der Waals surface area contributed by atoms with E-state index in [1.807, 2.05) is 0 Å². The molecule has 0 unspecified atom stereocenters. The lowest BCUT2D eigenvalue weighted by Crippen LogP contribution is -2.29. The Bertz CT molecular complexity index is 3170. The molecule has 12 rings (SSSR count). The molecule has 9 aromatic rings. The van der Waals surface area contributed by atoms with Crippen molar-refractivity contribution in [2.75, 3.05) is 4.90 Å². The highest BCUT2D eigenvalue weighted by molar-refractivity contribution is 6.06. The highest BCUT2D eigenvalue weighted by Crippen LogP contribution is 2.64. The summed E-state index contributed by atoms with van der Waals surface area (Å²) in [7, 11) is 0. The number of hydrogen-bond donors (Lipinski definition) is 0. The first kappa shape index (κ1) is 36.6. The van der Waals surface area contributed by atoms with Crippen LogP contribution in [0.15, 0.2) is 212 Å². The van der Waals surface area contributed by atoms with Gasteiger partial charge in [0.1, 0.15) is 0 Å². The maximum Gasteiger partial charge on any atom is 0.0713 e. The maximum absolute atomic E-state index is 2.60.